The second kappa shape index (κ2) is 4.28. The molecule has 2 unspecified atom stereocenters. The van der Waals surface area contributed by atoms with E-state index in [9.17, 15) is 4.79 Å². The number of carbonyl (C=O) groups is 1. The minimum absolute atomic E-state index is 0.156. The largest absolute Gasteiger partial charge is 0.481 e. The zero-order valence-corrected chi connectivity index (χ0v) is 8.32. The van der Waals surface area contributed by atoms with Crippen LogP contribution in [0.25, 0.3) is 0 Å². The molecule has 14 heavy (non-hydrogen) atoms. The highest BCUT2D eigenvalue weighted by molar-refractivity contribution is 5.70. The third kappa shape index (κ3) is 2.25. The van der Waals surface area contributed by atoms with Crippen molar-refractivity contribution in [1.29, 1.82) is 0 Å². The van der Waals surface area contributed by atoms with Crippen molar-refractivity contribution >= 4 is 5.97 Å². The molecule has 2 fully saturated rings. The molecule has 0 aromatic rings. The van der Waals surface area contributed by atoms with Crippen molar-refractivity contribution in [1.82, 2.24) is 4.90 Å². The van der Waals surface area contributed by atoms with Crippen molar-refractivity contribution in [2.75, 3.05) is 26.2 Å². The second-order valence-corrected chi connectivity index (χ2v) is 4.22. The van der Waals surface area contributed by atoms with Crippen LogP contribution in [0.4, 0.5) is 0 Å². The van der Waals surface area contributed by atoms with Crippen LogP contribution in [0.1, 0.15) is 19.3 Å². The molecule has 0 amide bonds. The number of aliphatic carboxylic acids is 1. The Hall–Kier alpha value is -0.610. The molecule has 0 aliphatic carbocycles. The lowest BCUT2D eigenvalue weighted by molar-refractivity contribution is -0.141. The maximum Gasteiger partial charge on any atom is 0.307 e. The van der Waals surface area contributed by atoms with Gasteiger partial charge < -0.3 is 9.84 Å². The summed E-state index contributed by atoms with van der Waals surface area (Å²) in [6.45, 7) is 3.41. The minimum atomic E-state index is -0.653. The molecule has 2 rings (SSSR count). The molecule has 2 atom stereocenters. The first-order valence-electron chi connectivity index (χ1n) is 5.32. The summed E-state index contributed by atoms with van der Waals surface area (Å²) in [6.07, 6.45) is 3.43. The lowest BCUT2D eigenvalue weighted by Crippen LogP contribution is -2.31. The molecule has 1 N–H and O–H groups in total. The van der Waals surface area contributed by atoms with Gasteiger partial charge in [-0.05, 0) is 25.8 Å². The van der Waals surface area contributed by atoms with Gasteiger partial charge in [0.2, 0.25) is 0 Å². The third-order valence-electron chi connectivity index (χ3n) is 3.11. The molecule has 0 spiro atoms. The van der Waals surface area contributed by atoms with E-state index in [1.165, 1.54) is 0 Å². The van der Waals surface area contributed by atoms with Crippen LogP contribution in [0, 0.1) is 5.92 Å². The molecular weight excluding hydrogens is 182 g/mol. The van der Waals surface area contributed by atoms with Gasteiger partial charge in [0.05, 0.1) is 12.0 Å². The number of carboxylic acids is 1. The molecule has 80 valence electrons. The fourth-order valence-corrected chi connectivity index (χ4v) is 2.28. The van der Waals surface area contributed by atoms with Crippen LogP contribution in [0.3, 0.4) is 0 Å². The van der Waals surface area contributed by atoms with E-state index in [1.54, 1.807) is 0 Å². The summed E-state index contributed by atoms with van der Waals surface area (Å²) < 4.78 is 5.52. The first-order valence-corrected chi connectivity index (χ1v) is 5.32. The van der Waals surface area contributed by atoms with E-state index < -0.39 is 5.97 Å². The van der Waals surface area contributed by atoms with Crippen molar-refractivity contribution in [3.8, 4) is 0 Å². The minimum Gasteiger partial charge on any atom is -0.481 e. The van der Waals surface area contributed by atoms with Crippen molar-refractivity contribution in [2.24, 2.45) is 5.92 Å². The first-order chi connectivity index (χ1) is 6.75. The van der Waals surface area contributed by atoms with Gasteiger partial charge in [-0.1, -0.05) is 0 Å². The van der Waals surface area contributed by atoms with E-state index in [0.29, 0.717) is 12.6 Å². The summed E-state index contributed by atoms with van der Waals surface area (Å²) in [4.78, 5) is 12.9. The van der Waals surface area contributed by atoms with Gasteiger partial charge >= 0.3 is 5.97 Å². The molecule has 0 radical (unpaired) electrons. The smallest absolute Gasteiger partial charge is 0.307 e. The number of ether oxygens (including phenoxy) is 1. The molecule has 2 aliphatic heterocycles. The standard InChI is InChI=1S/C10H17NO3/c12-10(13)8-3-4-11(6-8)7-9-2-1-5-14-9/h8-9H,1-7H2,(H,12,13). The first kappa shape index (κ1) is 9.93. The van der Waals surface area contributed by atoms with E-state index in [4.69, 9.17) is 9.84 Å². The number of nitrogens with zero attached hydrogens (tertiary/aromatic N) is 1. The molecule has 2 aliphatic rings. The van der Waals surface area contributed by atoms with E-state index in [1.807, 2.05) is 0 Å². The lowest BCUT2D eigenvalue weighted by atomic mass is 10.1. The van der Waals surface area contributed by atoms with Gasteiger partial charge in [0.15, 0.2) is 0 Å². The number of hydrogen-bond acceptors (Lipinski definition) is 3. The Morgan fingerprint density at radius 3 is 2.93 bits per heavy atom. The third-order valence-corrected chi connectivity index (χ3v) is 3.11. The predicted molar refractivity (Wildman–Crippen MR) is 51.2 cm³/mol. The summed E-state index contributed by atoms with van der Waals surface area (Å²) in [7, 11) is 0. The molecule has 2 heterocycles. The van der Waals surface area contributed by atoms with E-state index in [0.717, 1.165) is 39.0 Å². The number of likely N-dealkylation sites (tertiary alicyclic amines) is 1. The second-order valence-electron chi connectivity index (χ2n) is 4.22. The monoisotopic (exact) mass is 199 g/mol. The molecule has 0 bridgehead atoms. The van der Waals surface area contributed by atoms with Gasteiger partial charge in [-0.2, -0.15) is 0 Å². The van der Waals surface area contributed by atoms with Gasteiger partial charge in [0.25, 0.3) is 0 Å². The van der Waals surface area contributed by atoms with Gasteiger partial charge in [-0.3, -0.25) is 9.69 Å². The van der Waals surface area contributed by atoms with E-state index >= 15 is 0 Å². The van der Waals surface area contributed by atoms with Crippen LogP contribution in [0.5, 0.6) is 0 Å². The Balaban J connectivity index is 1.75. The van der Waals surface area contributed by atoms with E-state index in [2.05, 4.69) is 4.90 Å². The molecule has 0 aromatic carbocycles. The fourth-order valence-electron chi connectivity index (χ4n) is 2.28. The Morgan fingerprint density at radius 2 is 2.36 bits per heavy atom. The molecule has 2 saturated heterocycles. The van der Waals surface area contributed by atoms with Crippen molar-refractivity contribution in [3.63, 3.8) is 0 Å². The average Bonchev–Trinajstić information content (AvgIpc) is 2.75. The van der Waals surface area contributed by atoms with Gasteiger partial charge in [-0.25, -0.2) is 0 Å². The van der Waals surface area contributed by atoms with Gasteiger partial charge in [-0.15, -0.1) is 0 Å². The van der Waals surface area contributed by atoms with Crippen LogP contribution in [-0.2, 0) is 9.53 Å². The summed E-state index contributed by atoms with van der Waals surface area (Å²) in [5.41, 5.74) is 0. The molecule has 0 saturated carbocycles. The van der Waals surface area contributed by atoms with Crippen molar-refractivity contribution in [2.45, 2.75) is 25.4 Å². The maximum atomic E-state index is 10.7. The maximum absolute atomic E-state index is 10.7. The van der Waals surface area contributed by atoms with Crippen LogP contribution in [0.15, 0.2) is 0 Å². The number of hydrogen-bond donors (Lipinski definition) is 1. The summed E-state index contributed by atoms with van der Waals surface area (Å²) in [6, 6.07) is 0. The molecule has 4 heteroatoms. The van der Waals surface area contributed by atoms with E-state index in [-0.39, 0.29) is 5.92 Å². The molecular formula is C10H17NO3. The van der Waals surface area contributed by atoms with Crippen molar-refractivity contribution < 1.29 is 14.6 Å². The number of rotatable bonds is 3. The van der Waals surface area contributed by atoms with Crippen LogP contribution < -0.4 is 0 Å². The van der Waals surface area contributed by atoms with Gasteiger partial charge in [0.1, 0.15) is 0 Å². The van der Waals surface area contributed by atoms with Crippen molar-refractivity contribution in [3.05, 3.63) is 0 Å². The summed E-state index contributed by atoms with van der Waals surface area (Å²) in [5, 5.41) is 8.83. The normalized spacial score (nSPS) is 33.7. The highest BCUT2D eigenvalue weighted by Gasteiger charge is 2.30. The zero-order valence-electron chi connectivity index (χ0n) is 8.32. The van der Waals surface area contributed by atoms with Crippen LogP contribution in [-0.4, -0.2) is 48.3 Å². The number of carboxylic acid groups (broad SMARTS) is 1. The Bertz CT molecular complexity index is 213. The van der Waals surface area contributed by atoms with Gasteiger partial charge in [0, 0.05) is 19.7 Å². The summed E-state index contributed by atoms with van der Waals surface area (Å²) >= 11 is 0. The average molecular weight is 199 g/mol. The quantitative estimate of drug-likeness (QED) is 0.722. The van der Waals surface area contributed by atoms with Crippen LogP contribution in [0.2, 0.25) is 0 Å². The molecule has 4 nitrogen and oxygen atoms in total. The van der Waals surface area contributed by atoms with Crippen LogP contribution >= 0.6 is 0 Å². The lowest BCUT2D eigenvalue weighted by Gasteiger charge is -2.19. The predicted octanol–water partition coefficient (Wildman–Crippen LogP) is 0.572. The SMILES string of the molecule is O=C(O)C1CCN(CC2CCCO2)C1. The molecule has 0 aromatic heterocycles. The topological polar surface area (TPSA) is 49.8 Å². The summed E-state index contributed by atoms with van der Waals surface area (Å²) in [5.74, 6) is -0.809. The Labute approximate surface area is 83.8 Å². The fraction of sp³-hybridized carbons (Fsp3) is 0.900. The highest BCUT2D eigenvalue weighted by Crippen LogP contribution is 2.20. The highest BCUT2D eigenvalue weighted by atomic mass is 16.5. The zero-order chi connectivity index (χ0) is 9.97. The Kier molecular flexibility index (Phi) is 3.03. The Morgan fingerprint density at radius 1 is 1.50 bits per heavy atom.